The molecule has 98 valence electrons. The number of nitrogens with one attached hydrogen (secondary N) is 1. The molecule has 1 heterocycles. The van der Waals surface area contributed by atoms with Gasteiger partial charge in [-0.1, -0.05) is 6.92 Å². The van der Waals surface area contributed by atoms with E-state index in [1.165, 1.54) is 12.1 Å². The molecule has 1 aromatic rings. The number of benzene rings is 1. The quantitative estimate of drug-likeness (QED) is 0.823. The predicted molar refractivity (Wildman–Crippen MR) is 74.9 cm³/mol. The third-order valence-electron chi connectivity index (χ3n) is 2.92. The van der Waals surface area contributed by atoms with Crippen molar-refractivity contribution in [1.29, 1.82) is 0 Å². The maximum atomic E-state index is 13.4. The topological polar surface area (TPSA) is 32.3 Å². The molecule has 1 amide bonds. The van der Waals surface area contributed by atoms with Crippen molar-refractivity contribution in [2.45, 2.75) is 25.0 Å². The van der Waals surface area contributed by atoms with Crippen LogP contribution in [-0.2, 0) is 4.79 Å². The van der Waals surface area contributed by atoms with Crippen molar-refractivity contribution in [1.82, 2.24) is 0 Å². The fourth-order valence-electron chi connectivity index (χ4n) is 2.06. The summed E-state index contributed by atoms with van der Waals surface area (Å²) < 4.78 is 13.4. The molecular formula is C13H17FN2OS. The second-order valence-corrected chi connectivity index (χ2v) is 5.18. The minimum Gasteiger partial charge on any atom is -0.383 e. The normalized spacial score (nSPS) is 19.4. The Labute approximate surface area is 112 Å². The SMILES string of the molecule is CCCNc1ccc(F)cc1N1CC(S)CC1=O. The third-order valence-corrected chi connectivity index (χ3v) is 3.27. The molecule has 1 saturated heterocycles. The van der Waals surface area contributed by atoms with E-state index in [1.807, 2.05) is 0 Å². The molecular weight excluding hydrogens is 251 g/mol. The summed E-state index contributed by atoms with van der Waals surface area (Å²) in [5, 5.41) is 3.24. The highest BCUT2D eigenvalue weighted by Gasteiger charge is 2.29. The van der Waals surface area contributed by atoms with Gasteiger partial charge in [-0.3, -0.25) is 4.79 Å². The van der Waals surface area contributed by atoms with Crippen molar-refractivity contribution in [2.24, 2.45) is 0 Å². The number of carbonyl (C=O) groups is 1. The highest BCUT2D eigenvalue weighted by Crippen LogP contribution is 2.31. The predicted octanol–water partition coefficient (Wildman–Crippen LogP) is 2.68. The Bertz CT molecular complexity index is 453. The summed E-state index contributed by atoms with van der Waals surface area (Å²) >= 11 is 4.32. The van der Waals surface area contributed by atoms with E-state index in [9.17, 15) is 9.18 Å². The second kappa shape index (κ2) is 5.61. The van der Waals surface area contributed by atoms with Gasteiger partial charge in [-0.05, 0) is 24.6 Å². The zero-order valence-corrected chi connectivity index (χ0v) is 11.2. The van der Waals surface area contributed by atoms with Crippen LogP contribution < -0.4 is 10.2 Å². The Morgan fingerprint density at radius 2 is 2.33 bits per heavy atom. The molecule has 0 saturated carbocycles. The molecule has 0 spiro atoms. The Morgan fingerprint density at radius 3 is 2.94 bits per heavy atom. The van der Waals surface area contributed by atoms with Crippen LogP contribution in [0.4, 0.5) is 15.8 Å². The van der Waals surface area contributed by atoms with Gasteiger partial charge < -0.3 is 10.2 Å². The number of rotatable bonds is 4. The van der Waals surface area contributed by atoms with Gasteiger partial charge in [-0.2, -0.15) is 12.6 Å². The molecule has 5 heteroatoms. The van der Waals surface area contributed by atoms with Crippen molar-refractivity contribution >= 4 is 29.9 Å². The van der Waals surface area contributed by atoms with Crippen LogP contribution in [0.5, 0.6) is 0 Å². The third kappa shape index (κ3) is 2.77. The molecule has 1 aromatic carbocycles. The summed E-state index contributed by atoms with van der Waals surface area (Å²) in [6.07, 6.45) is 1.38. The van der Waals surface area contributed by atoms with Gasteiger partial charge in [-0.25, -0.2) is 4.39 Å². The van der Waals surface area contributed by atoms with Gasteiger partial charge in [0.05, 0.1) is 11.4 Å². The zero-order chi connectivity index (χ0) is 13.1. The van der Waals surface area contributed by atoms with Crippen molar-refractivity contribution in [3.8, 4) is 0 Å². The zero-order valence-electron chi connectivity index (χ0n) is 10.3. The van der Waals surface area contributed by atoms with E-state index < -0.39 is 0 Å². The number of amides is 1. The number of hydrogen-bond acceptors (Lipinski definition) is 3. The van der Waals surface area contributed by atoms with Crippen molar-refractivity contribution < 1.29 is 9.18 Å². The first kappa shape index (κ1) is 13.2. The summed E-state index contributed by atoms with van der Waals surface area (Å²) in [6, 6.07) is 4.49. The summed E-state index contributed by atoms with van der Waals surface area (Å²) in [6.45, 7) is 3.39. The summed E-state index contributed by atoms with van der Waals surface area (Å²) in [5.74, 6) is -0.331. The van der Waals surface area contributed by atoms with Gasteiger partial charge in [0.1, 0.15) is 5.82 Å². The van der Waals surface area contributed by atoms with Crippen LogP contribution in [0.1, 0.15) is 19.8 Å². The van der Waals surface area contributed by atoms with E-state index in [4.69, 9.17) is 0 Å². The van der Waals surface area contributed by atoms with Crippen molar-refractivity contribution in [2.75, 3.05) is 23.3 Å². The highest BCUT2D eigenvalue weighted by atomic mass is 32.1. The number of anilines is 2. The average Bonchev–Trinajstić information content (AvgIpc) is 2.67. The number of nitrogens with zero attached hydrogens (tertiary/aromatic N) is 1. The first-order chi connectivity index (χ1) is 8.61. The van der Waals surface area contributed by atoms with Gasteiger partial charge in [0.2, 0.25) is 5.91 Å². The molecule has 18 heavy (non-hydrogen) atoms. The number of halogens is 1. The van der Waals surface area contributed by atoms with E-state index in [0.29, 0.717) is 18.7 Å². The molecule has 0 aliphatic carbocycles. The van der Waals surface area contributed by atoms with Gasteiger partial charge in [0.15, 0.2) is 0 Å². The number of carbonyl (C=O) groups excluding carboxylic acids is 1. The Morgan fingerprint density at radius 1 is 1.56 bits per heavy atom. The summed E-state index contributed by atoms with van der Waals surface area (Å²) in [4.78, 5) is 13.5. The lowest BCUT2D eigenvalue weighted by Gasteiger charge is -2.20. The summed E-state index contributed by atoms with van der Waals surface area (Å²) in [5.41, 5.74) is 1.42. The largest absolute Gasteiger partial charge is 0.383 e. The minimum atomic E-state index is -0.331. The van der Waals surface area contributed by atoms with E-state index in [1.54, 1.807) is 11.0 Å². The molecule has 2 rings (SSSR count). The van der Waals surface area contributed by atoms with Gasteiger partial charge >= 0.3 is 0 Å². The molecule has 1 fully saturated rings. The lowest BCUT2D eigenvalue weighted by Crippen LogP contribution is -2.26. The average molecular weight is 268 g/mol. The first-order valence-corrected chi connectivity index (χ1v) is 6.65. The number of thiol groups is 1. The van der Waals surface area contributed by atoms with Crippen LogP contribution in [0.3, 0.4) is 0 Å². The van der Waals surface area contributed by atoms with E-state index >= 15 is 0 Å². The summed E-state index contributed by atoms with van der Waals surface area (Å²) in [7, 11) is 0. The fourth-order valence-corrected chi connectivity index (χ4v) is 2.38. The van der Waals surface area contributed by atoms with Crippen LogP contribution in [0.2, 0.25) is 0 Å². The molecule has 0 aromatic heterocycles. The molecule has 3 nitrogen and oxygen atoms in total. The lowest BCUT2D eigenvalue weighted by atomic mass is 10.2. The molecule has 1 aliphatic rings. The van der Waals surface area contributed by atoms with Gasteiger partial charge in [0, 0.05) is 24.8 Å². The molecule has 1 unspecified atom stereocenters. The molecule has 0 radical (unpaired) electrons. The van der Waals surface area contributed by atoms with Crippen LogP contribution >= 0.6 is 12.6 Å². The Kier molecular flexibility index (Phi) is 4.11. The monoisotopic (exact) mass is 268 g/mol. The second-order valence-electron chi connectivity index (χ2n) is 4.45. The molecule has 1 aliphatic heterocycles. The lowest BCUT2D eigenvalue weighted by molar-refractivity contribution is -0.117. The molecule has 1 N–H and O–H groups in total. The Balaban J connectivity index is 2.29. The van der Waals surface area contributed by atoms with Crippen LogP contribution in [0.15, 0.2) is 18.2 Å². The highest BCUT2D eigenvalue weighted by molar-refractivity contribution is 7.81. The van der Waals surface area contributed by atoms with E-state index in [-0.39, 0.29) is 17.0 Å². The standard InChI is InChI=1S/C13H17FN2OS/c1-2-5-15-11-4-3-9(14)6-12(11)16-8-10(18)7-13(16)17/h3-4,6,10,15,18H,2,5,7-8H2,1H3. The fraction of sp³-hybridized carbons (Fsp3) is 0.462. The maximum Gasteiger partial charge on any atom is 0.228 e. The number of hydrogen-bond donors (Lipinski definition) is 2. The van der Waals surface area contributed by atoms with E-state index in [0.717, 1.165) is 18.7 Å². The minimum absolute atomic E-state index is 0.000137. The van der Waals surface area contributed by atoms with Crippen LogP contribution in [-0.4, -0.2) is 24.2 Å². The van der Waals surface area contributed by atoms with Gasteiger partial charge in [-0.15, -0.1) is 0 Å². The Hall–Kier alpha value is -1.23. The van der Waals surface area contributed by atoms with Crippen molar-refractivity contribution in [3.63, 3.8) is 0 Å². The van der Waals surface area contributed by atoms with E-state index in [2.05, 4.69) is 24.9 Å². The smallest absolute Gasteiger partial charge is 0.228 e. The molecule has 1 atom stereocenters. The van der Waals surface area contributed by atoms with Gasteiger partial charge in [0.25, 0.3) is 0 Å². The molecule has 0 bridgehead atoms. The maximum absolute atomic E-state index is 13.4. The first-order valence-electron chi connectivity index (χ1n) is 6.13. The van der Waals surface area contributed by atoms with Crippen LogP contribution in [0, 0.1) is 5.82 Å². The van der Waals surface area contributed by atoms with Crippen LogP contribution in [0.25, 0.3) is 0 Å². The van der Waals surface area contributed by atoms with Crippen molar-refractivity contribution in [3.05, 3.63) is 24.0 Å².